The van der Waals surface area contributed by atoms with E-state index in [4.69, 9.17) is 4.74 Å². The van der Waals surface area contributed by atoms with Gasteiger partial charge in [0.25, 0.3) is 5.91 Å². The number of ether oxygens (including phenoxy) is 1. The lowest BCUT2D eigenvalue weighted by Crippen LogP contribution is -2.34. The molecule has 0 bridgehead atoms. The molecule has 4 aromatic rings. The molecule has 0 aliphatic carbocycles. The third-order valence-electron chi connectivity index (χ3n) is 5.98. The van der Waals surface area contributed by atoms with E-state index >= 15 is 0 Å². The average molecular weight is 498 g/mol. The molecule has 1 fully saturated rings. The summed E-state index contributed by atoms with van der Waals surface area (Å²) in [6, 6.07) is 14.2. The Hall–Kier alpha value is -3.92. The number of aromatic amines is 1. The summed E-state index contributed by atoms with van der Waals surface area (Å²) in [7, 11) is 0. The minimum absolute atomic E-state index is 0.0986. The number of nitrogens with zero attached hydrogens (tertiary/aromatic N) is 1. The highest BCUT2D eigenvalue weighted by Crippen LogP contribution is 2.37. The van der Waals surface area contributed by atoms with Crippen LogP contribution in [-0.2, 0) is 6.18 Å². The Labute approximate surface area is 203 Å². The first-order valence-electron chi connectivity index (χ1n) is 11.4. The third-order valence-corrected chi connectivity index (χ3v) is 5.98. The molecule has 186 valence electrons. The molecule has 0 unspecified atom stereocenters. The molecule has 1 aliphatic heterocycles. The van der Waals surface area contributed by atoms with Crippen LogP contribution in [0.25, 0.3) is 22.4 Å². The maximum Gasteiger partial charge on any atom is 0.417 e. The number of hydrogen-bond donors (Lipinski definition) is 3. The fourth-order valence-electron chi connectivity index (χ4n) is 4.25. The molecule has 1 aromatic heterocycles. The summed E-state index contributed by atoms with van der Waals surface area (Å²) in [5.41, 5.74) is -0.206. The predicted octanol–water partition coefficient (Wildman–Crippen LogP) is 5.77. The molecule has 0 spiro atoms. The second-order valence-corrected chi connectivity index (χ2v) is 8.52. The van der Waals surface area contributed by atoms with Crippen LogP contribution in [0.2, 0.25) is 0 Å². The van der Waals surface area contributed by atoms with E-state index in [-0.39, 0.29) is 28.6 Å². The van der Waals surface area contributed by atoms with Crippen molar-refractivity contribution < 1.29 is 27.1 Å². The molecule has 1 aliphatic rings. The number of carbonyl (C=O) groups is 1. The van der Waals surface area contributed by atoms with Crippen molar-refractivity contribution in [2.45, 2.75) is 25.1 Å². The van der Waals surface area contributed by atoms with Gasteiger partial charge in [-0.05, 0) is 68.4 Å². The van der Waals surface area contributed by atoms with Gasteiger partial charge >= 0.3 is 6.18 Å². The highest BCUT2D eigenvalue weighted by atomic mass is 19.4. The quantitative estimate of drug-likeness (QED) is 0.305. The van der Waals surface area contributed by atoms with Crippen molar-refractivity contribution in [3.63, 3.8) is 0 Å². The number of rotatable bonds is 5. The Kier molecular flexibility index (Phi) is 6.36. The zero-order chi connectivity index (χ0) is 25.3. The van der Waals surface area contributed by atoms with Crippen molar-refractivity contribution in [2.24, 2.45) is 0 Å². The minimum Gasteiger partial charge on any atom is -0.490 e. The summed E-state index contributed by atoms with van der Waals surface area (Å²) in [5.74, 6) is -0.965. The summed E-state index contributed by atoms with van der Waals surface area (Å²) in [6.45, 7) is 1.78. The van der Waals surface area contributed by atoms with Crippen LogP contribution >= 0.6 is 0 Å². The summed E-state index contributed by atoms with van der Waals surface area (Å²) in [4.78, 5) is 20.2. The zero-order valence-corrected chi connectivity index (χ0v) is 19.0. The lowest BCUT2D eigenvalue weighted by molar-refractivity contribution is -0.137. The molecule has 1 amide bonds. The second-order valence-electron chi connectivity index (χ2n) is 8.52. The summed E-state index contributed by atoms with van der Waals surface area (Å²) in [6.07, 6.45) is -2.90. The molecule has 6 nitrogen and oxygen atoms in total. The van der Waals surface area contributed by atoms with Gasteiger partial charge in [-0.25, -0.2) is 9.37 Å². The SMILES string of the molecule is O=C(Nc1cccc(OC2CCNCC2)c1)c1cccc2[nH]c(-c3ccc(F)cc3C(F)(F)F)nc12. The van der Waals surface area contributed by atoms with E-state index in [9.17, 15) is 22.4 Å². The van der Waals surface area contributed by atoms with Crippen molar-refractivity contribution in [3.05, 3.63) is 77.6 Å². The molecule has 0 saturated carbocycles. The topological polar surface area (TPSA) is 79.0 Å². The monoisotopic (exact) mass is 498 g/mol. The van der Waals surface area contributed by atoms with Crippen molar-refractivity contribution in [1.82, 2.24) is 15.3 Å². The number of nitrogens with one attached hydrogen (secondary N) is 3. The van der Waals surface area contributed by atoms with Gasteiger partial charge in [-0.15, -0.1) is 0 Å². The number of anilines is 1. The van der Waals surface area contributed by atoms with E-state index in [0.717, 1.165) is 38.1 Å². The molecule has 5 rings (SSSR count). The summed E-state index contributed by atoms with van der Waals surface area (Å²) >= 11 is 0. The molecule has 1 saturated heterocycles. The number of imidazole rings is 1. The van der Waals surface area contributed by atoms with Crippen LogP contribution in [0, 0.1) is 5.82 Å². The molecule has 36 heavy (non-hydrogen) atoms. The second kappa shape index (κ2) is 9.62. The van der Waals surface area contributed by atoms with Crippen LogP contribution in [0.4, 0.5) is 23.2 Å². The Bertz CT molecular complexity index is 1410. The highest BCUT2D eigenvalue weighted by Gasteiger charge is 2.35. The first kappa shape index (κ1) is 23.8. The maximum atomic E-state index is 13.5. The number of hydrogen-bond acceptors (Lipinski definition) is 4. The first-order valence-corrected chi connectivity index (χ1v) is 11.4. The fraction of sp³-hybridized carbons (Fsp3) is 0.231. The van der Waals surface area contributed by atoms with Crippen molar-refractivity contribution >= 4 is 22.6 Å². The van der Waals surface area contributed by atoms with Gasteiger partial charge in [0.1, 0.15) is 29.0 Å². The largest absolute Gasteiger partial charge is 0.490 e. The molecule has 10 heteroatoms. The number of alkyl halides is 3. The number of piperidine rings is 1. The van der Waals surface area contributed by atoms with E-state index in [1.54, 1.807) is 30.3 Å². The number of benzene rings is 3. The van der Waals surface area contributed by atoms with Gasteiger partial charge in [-0.2, -0.15) is 13.2 Å². The van der Waals surface area contributed by atoms with Crippen molar-refractivity contribution in [1.29, 1.82) is 0 Å². The minimum atomic E-state index is -4.78. The van der Waals surface area contributed by atoms with E-state index in [2.05, 4.69) is 20.6 Å². The van der Waals surface area contributed by atoms with Crippen LogP contribution in [0.3, 0.4) is 0 Å². The highest BCUT2D eigenvalue weighted by molar-refractivity contribution is 6.11. The smallest absolute Gasteiger partial charge is 0.417 e. The molecule has 0 atom stereocenters. The standard InChI is InChI=1S/C26H22F4N4O2/c27-15-7-8-19(21(13-15)26(28,29)30)24-33-22-6-2-5-20(23(22)34-24)25(35)32-16-3-1-4-18(14-16)36-17-9-11-31-12-10-17/h1-8,13-14,17,31H,9-12H2,(H,32,35)(H,33,34). The van der Waals surface area contributed by atoms with Crippen LogP contribution in [0.15, 0.2) is 60.7 Å². The van der Waals surface area contributed by atoms with Crippen LogP contribution in [0.1, 0.15) is 28.8 Å². The third kappa shape index (κ3) is 5.03. The number of aromatic nitrogens is 2. The van der Waals surface area contributed by atoms with Crippen LogP contribution in [0.5, 0.6) is 5.75 Å². The van der Waals surface area contributed by atoms with Gasteiger partial charge in [-0.3, -0.25) is 4.79 Å². The van der Waals surface area contributed by atoms with Crippen LogP contribution in [-0.4, -0.2) is 35.1 Å². The average Bonchev–Trinajstić information content (AvgIpc) is 3.28. The summed E-state index contributed by atoms with van der Waals surface area (Å²) < 4.78 is 60.1. The Morgan fingerprint density at radius 2 is 1.81 bits per heavy atom. The van der Waals surface area contributed by atoms with Gasteiger partial charge in [0.15, 0.2) is 0 Å². The molecule has 0 radical (unpaired) electrons. The van der Waals surface area contributed by atoms with Gasteiger partial charge < -0.3 is 20.4 Å². The van der Waals surface area contributed by atoms with Gasteiger partial charge in [0, 0.05) is 17.3 Å². The predicted molar refractivity (Wildman–Crippen MR) is 127 cm³/mol. The number of amides is 1. The van der Waals surface area contributed by atoms with E-state index < -0.39 is 23.5 Å². The van der Waals surface area contributed by atoms with Crippen LogP contribution < -0.4 is 15.4 Å². The lowest BCUT2D eigenvalue weighted by Gasteiger charge is -2.24. The number of fused-ring (bicyclic) bond motifs is 1. The lowest BCUT2D eigenvalue weighted by atomic mass is 10.1. The maximum absolute atomic E-state index is 13.5. The number of para-hydroxylation sites is 1. The fourth-order valence-corrected chi connectivity index (χ4v) is 4.25. The van der Waals surface area contributed by atoms with E-state index in [1.165, 1.54) is 6.07 Å². The number of halogens is 4. The van der Waals surface area contributed by atoms with Gasteiger partial charge in [0.2, 0.25) is 0 Å². The molecule has 3 aromatic carbocycles. The van der Waals surface area contributed by atoms with Crippen molar-refractivity contribution in [2.75, 3.05) is 18.4 Å². The molecule has 2 heterocycles. The normalized spacial score (nSPS) is 14.7. The Morgan fingerprint density at radius 1 is 1.03 bits per heavy atom. The van der Waals surface area contributed by atoms with Gasteiger partial charge in [-0.1, -0.05) is 12.1 Å². The number of H-pyrrole nitrogens is 1. The number of carbonyl (C=O) groups excluding carboxylic acids is 1. The molecule has 3 N–H and O–H groups in total. The van der Waals surface area contributed by atoms with E-state index in [0.29, 0.717) is 23.0 Å². The molecular weight excluding hydrogens is 476 g/mol. The first-order chi connectivity index (χ1) is 17.3. The van der Waals surface area contributed by atoms with E-state index in [1.807, 2.05) is 6.07 Å². The summed E-state index contributed by atoms with van der Waals surface area (Å²) in [5, 5.41) is 6.08. The molecular formula is C26H22F4N4O2. The Balaban J connectivity index is 1.42. The van der Waals surface area contributed by atoms with Gasteiger partial charge in [0.05, 0.1) is 16.6 Å². The zero-order valence-electron chi connectivity index (χ0n) is 19.0. The Morgan fingerprint density at radius 3 is 2.58 bits per heavy atom. The van der Waals surface area contributed by atoms with Crippen molar-refractivity contribution in [3.8, 4) is 17.1 Å².